The highest BCUT2D eigenvalue weighted by atomic mass is 16.5. The summed E-state index contributed by atoms with van der Waals surface area (Å²) in [6, 6.07) is 15.3. The van der Waals surface area contributed by atoms with E-state index in [1.807, 2.05) is 41.3 Å². The lowest BCUT2D eigenvalue weighted by atomic mass is 10.0. The summed E-state index contributed by atoms with van der Waals surface area (Å²) in [5.74, 6) is 0.124. The maximum atomic E-state index is 12.9. The van der Waals surface area contributed by atoms with E-state index in [0.717, 1.165) is 24.1 Å². The fraction of sp³-hybridized carbons (Fsp3) is 0.263. The van der Waals surface area contributed by atoms with Crippen LogP contribution in [-0.2, 0) is 4.79 Å². The van der Waals surface area contributed by atoms with Gasteiger partial charge < -0.3 is 20.7 Å². The van der Waals surface area contributed by atoms with Crippen LogP contribution in [-0.4, -0.2) is 29.4 Å². The van der Waals surface area contributed by atoms with Crippen molar-refractivity contribution in [3.05, 3.63) is 59.7 Å². The largest absolute Gasteiger partial charge is 0.484 e. The zero-order valence-corrected chi connectivity index (χ0v) is 13.6. The van der Waals surface area contributed by atoms with Crippen molar-refractivity contribution in [2.45, 2.75) is 25.0 Å². The first-order valence-corrected chi connectivity index (χ1v) is 8.33. The van der Waals surface area contributed by atoms with Gasteiger partial charge in [-0.1, -0.05) is 24.3 Å². The molecule has 1 fully saturated rings. The molecule has 1 aliphatic heterocycles. The summed E-state index contributed by atoms with van der Waals surface area (Å²) in [5, 5.41) is 3.47. The fourth-order valence-electron chi connectivity index (χ4n) is 3.14. The topological polar surface area (TPSA) is 84.7 Å². The number of carbonyl (C=O) groups is 2. The molecule has 1 atom stereocenters. The van der Waals surface area contributed by atoms with Crippen LogP contribution in [0.5, 0.6) is 5.75 Å². The molecule has 1 aliphatic carbocycles. The molecule has 3 N–H and O–H groups in total. The highest BCUT2D eigenvalue weighted by Gasteiger charge is 2.41. The second-order valence-electron chi connectivity index (χ2n) is 6.36. The van der Waals surface area contributed by atoms with E-state index in [4.69, 9.17) is 10.5 Å². The molecule has 0 aromatic heterocycles. The molecule has 0 spiro atoms. The normalized spacial score (nSPS) is 19.1. The van der Waals surface area contributed by atoms with E-state index < -0.39 is 5.91 Å². The second-order valence-corrected chi connectivity index (χ2v) is 6.36. The van der Waals surface area contributed by atoms with Crippen LogP contribution >= 0.6 is 0 Å². The number of amides is 2. The number of primary amides is 1. The molecule has 1 unspecified atom stereocenters. The first-order chi connectivity index (χ1) is 12.1. The summed E-state index contributed by atoms with van der Waals surface area (Å²) >= 11 is 0. The molecule has 2 amide bonds. The van der Waals surface area contributed by atoms with Crippen molar-refractivity contribution >= 4 is 17.5 Å². The molecule has 0 radical (unpaired) electrons. The number of para-hydroxylation sites is 1. The number of nitrogens with zero attached hydrogens (tertiary/aromatic N) is 1. The smallest absolute Gasteiger partial charge is 0.258 e. The number of benzene rings is 2. The Bertz CT molecular complexity index is 815. The molecule has 0 saturated heterocycles. The standard InChI is InChI=1S/C19H19N3O3/c20-17(23)11-25-14-9-5-12(6-10-14)18-21-16-4-2-1-3-15(16)19(24)22(18)13-7-8-13/h1-6,9-10,13,18,21H,7-8,11H2,(H2,20,23). The molecular weight excluding hydrogens is 318 g/mol. The van der Waals surface area contributed by atoms with Gasteiger partial charge in [0.15, 0.2) is 6.61 Å². The Morgan fingerprint density at radius 3 is 2.56 bits per heavy atom. The summed E-state index contributed by atoms with van der Waals surface area (Å²) < 4.78 is 5.30. The SMILES string of the molecule is NC(=O)COc1ccc(C2Nc3ccccc3C(=O)N2C2CC2)cc1. The first kappa shape index (κ1) is 15.5. The summed E-state index contributed by atoms with van der Waals surface area (Å²) in [6.45, 7) is -0.152. The number of anilines is 1. The van der Waals surface area contributed by atoms with E-state index >= 15 is 0 Å². The van der Waals surface area contributed by atoms with Crippen LogP contribution in [0.3, 0.4) is 0 Å². The lowest BCUT2D eigenvalue weighted by Gasteiger charge is -2.38. The Balaban J connectivity index is 1.62. The van der Waals surface area contributed by atoms with Crippen molar-refractivity contribution in [2.24, 2.45) is 5.73 Å². The predicted octanol–water partition coefficient (Wildman–Crippen LogP) is 2.28. The molecule has 25 heavy (non-hydrogen) atoms. The molecule has 2 aliphatic rings. The van der Waals surface area contributed by atoms with Crippen molar-refractivity contribution < 1.29 is 14.3 Å². The van der Waals surface area contributed by atoms with Gasteiger partial charge in [0.05, 0.1) is 5.56 Å². The molecule has 6 nitrogen and oxygen atoms in total. The maximum Gasteiger partial charge on any atom is 0.258 e. The molecule has 0 bridgehead atoms. The fourth-order valence-corrected chi connectivity index (χ4v) is 3.14. The Hall–Kier alpha value is -3.02. The molecule has 128 valence electrons. The highest BCUT2D eigenvalue weighted by molar-refractivity contribution is 6.02. The number of rotatable bonds is 5. The van der Waals surface area contributed by atoms with Crippen LogP contribution < -0.4 is 15.8 Å². The third-order valence-corrected chi connectivity index (χ3v) is 4.48. The highest BCUT2D eigenvalue weighted by Crippen LogP contribution is 2.40. The van der Waals surface area contributed by atoms with Crippen LogP contribution in [0.1, 0.15) is 34.9 Å². The van der Waals surface area contributed by atoms with Crippen molar-refractivity contribution in [1.29, 1.82) is 0 Å². The molecular formula is C19H19N3O3. The molecule has 1 saturated carbocycles. The van der Waals surface area contributed by atoms with Gasteiger partial charge in [0.2, 0.25) is 0 Å². The number of carbonyl (C=O) groups excluding carboxylic acids is 2. The van der Waals surface area contributed by atoms with Gasteiger partial charge in [0.25, 0.3) is 11.8 Å². The van der Waals surface area contributed by atoms with Gasteiger partial charge in [0, 0.05) is 11.7 Å². The van der Waals surface area contributed by atoms with Crippen LogP contribution in [0.25, 0.3) is 0 Å². The van der Waals surface area contributed by atoms with Gasteiger partial charge in [-0.2, -0.15) is 0 Å². The Kier molecular flexibility index (Phi) is 3.80. The van der Waals surface area contributed by atoms with Crippen LogP contribution in [0.4, 0.5) is 5.69 Å². The van der Waals surface area contributed by atoms with E-state index in [9.17, 15) is 9.59 Å². The minimum absolute atomic E-state index is 0.0657. The van der Waals surface area contributed by atoms with E-state index in [-0.39, 0.29) is 24.7 Å². The van der Waals surface area contributed by atoms with Crippen molar-refractivity contribution in [3.63, 3.8) is 0 Å². The van der Waals surface area contributed by atoms with Crippen LogP contribution in [0.2, 0.25) is 0 Å². The zero-order valence-electron chi connectivity index (χ0n) is 13.6. The first-order valence-electron chi connectivity index (χ1n) is 8.33. The number of nitrogens with one attached hydrogen (secondary N) is 1. The summed E-state index contributed by atoms with van der Waals surface area (Å²) in [5.41, 5.74) is 7.63. The zero-order chi connectivity index (χ0) is 17.4. The second kappa shape index (κ2) is 6.12. The number of hydrogen-bond donors (Lipinski definition) is 2. The average molecular weight is 337 g/mol. The van der Waals surface area contributed by atoms with Crippen molar-refractivity contribution in [3.8, 4) is 5.75 Å². The molecule has 2 aromatic carbocycles. The lowest BCUT2D eigenvalue weighted by molar-refractivity contribution is -0.119. The molecule has 2 aromatic rings. The van der Waals surface area contributed by atoms with Gasteiger partial charge >= 0.3 is 0 Å². The van der Waals surface area contributed by atoms with Crippen molar-refractivity contribution in [2.75, 3.05) is 11.9 Å². The van der Waals surface area contributed by atoms with Gasteiger partial charge in [-0.3, -0.25) is 9.59 Å². The van der Waals surface area contributed by atoms with Gasteiger partial charge in [-0.05, 0) is 42.7 Å². The predicted molar refractivity (Wildman–Crippen MR) is 93.1 cm³/mol. The van der Waals surface area contributed by atoms with E-state index in [0.29, 0.717) is 11.3 Å². The number of hydrogen-bond acceptors (Lipinski definition) is 4. The van der Waals surface area contributed by atoms with Crippen molar-refractivity contribution in [1.82, 2.24) is 4.90 Å². The lowest BCUT2D eigenvalue weighted by Crippen LogP contribution is -2.44. The Morgan fingerprint density at radius 2 is 1.88 bits per heavy atom. The van der Waals surface area contributed by atoms with E-state index in [2.05, 4.69) is 5.32 Å². The maximum absolute atomic E-state index is 12.9. The molecule has 6 heteroatoms. The monoisotopic (exact) mass is 337 g/mol. The third-order valence-electron chi connectivity index (χ3n) is 4.48. The molecule has 4 rings (SSSR count). The van der Waals surface area contributed by atoms with E-state index in [1.54, 1.807) is 12.1 Å². The summed E-state index contributed by atoms with van der Waals surface area (Å²) in [6.07, 6.45) is 1.86. The van der Waals surface area contributed by atoms with Gasteiger partial charge in [-0.15, -0.1) is 0 Å². The number of nitrogens with two attached hydrogens (primary N) is 1. The van der Waals surface area contributed by atoms with E-state index in [1.165, 1.54) is 0 Å². The van der Waals surface area contributed by atoms with Gasteiger partial charge in [0.1, 0.15) is 11.9 Å². The number of ether oxygens (including phenoxy) is 1. The minimum atomic E-state index is -0.514. The Labute approximate surface area is 145 Å². The number of fused-ring (bicyclic) bond motifs is 1. The van der Waals surface area contributed by atoms with Crippen LogP contribution in [0, 0.1) is 0 Å². The average Bonchev–Trinajstić information content (AvgIpc) is 3.45. The third kappa shape index (κ3) is 3.03. The van der Waals surface area contributed by atoms with Crippen LogP contribution in [0.15, 0.2) is 48.5 Å². The van der Waals surface area contributed by atoms with Gasteiger partial charge in [-0.25, -0.2) is 0 Å². The summed E-state index contributed by atoms with van der Waals surface area (Å²) in [4.78, 5) is 25.7. The Morgan fingerprint density at radius 1 is 1.16 bits per heavy atom. The minimum Gasteiger partial charge on any atom is -0.484 e. The summed E-state index contributed by atoms with van der Waals surface area (Å²) in [7, 11) is 0. The molecule has 1 heterocycles. The quantitative estimate of drug-likeness (QED) is 0.876.